The van der Waals surface area contributed by atoms with Gasteiger partial charge in [0.25, 0.3) is 10.0 Å². The normalized spacial score (nSPS) is 14.9. The van der Waals surface area contributed by atoms with E-state index in [1.807, 2.05) is 6.92 Å². The van der Waals surface area contributed by atoms with Crippen LogP contribution in [0, 0.1) is 12.8 Å². The molecule has 1 saturated carbocycles. The number of carbonyl (C=O) groups is 1. The number of hydrogen-bond donors (Lipinski definition) is 1. The topological polar surface area (TPSA) is 75.7 Å². The van der Waals surface area contributed by atoms with Crippen molar-refractivity contribution in [2.75, 3.05) is 24.5 Å². The molecule has 7 heteroatoms. The minimum absolute atomic E-state index is 0.138. The van der Waals surface area contributed by atoms with E-state index in [2.05, 4.69) is 5.32 Å². The average Bonchev–Trinajstić information content (AvgIpc) is 2.77. The van der Waals surface area contributed by atoms with E-state index < -0.39 is 10.0 Å². The number of carbonyl (C=O) groups excluding carboxylic acids is 1. The van der Waals surface area contributed by atoms with Gasteiger partial charge in [0, 0.05) is 6.54 Å². The molecule has 1 aliphatic rings. The van der Waals surface area contributed by atoms with Crippen LogP contribution in [0.25, 0.3) is 0 Å². The Morgan fingerprint density at radius 3 is 2.40 bits per heavy atom. The maximum Gasteiger partial charge on any atom is 0.264 e. The van der Waals surface area contributed by atoms with Gasteiger partial charge in [-0.1, -0.05) is 49.1 Å². The van der Waals surface area contributed by atoms with Gasteiger partial charge >= 0.3 is 0 Å². The SMILES string of the molecule is COc1ccccc1N(CC(=O)NCC1CCCCC1)S(=O)(=O)c1ccc(C)cc1. The van der Waals surface area contributed by atoms with Crippen molar-refractivity contribution in [3.8, 4) is 5.75 Å². The fourth-order valence-electron chi connectivity index (χ4n) is 3.81. The highest BCUT2D eigenvalue weighted by atomic mass is 32.2. The summed E-state index contributed by atoms with van der Waals surface area (Å²) in [5.41, 5.74) is 1.30. The van der Waals surface area contributed by atoms with E-state index in [-0.39, 0.29) is 17.3 Å². The lowest BCUT2D eigenvalue weighted by molar-refractivity contribution is -0.119. The zero-order valence-corrected chi connectivity index (χ0v) is 18.5. The maximum absolute atomic E-state index is 13.4. The second-order valence-electron chi connectivity index (χ2n) is 7.80. The Morgan fingerprint density at radius 1 is 1.07 bits per heavy atom. The first-order chi connectivity index (χ1) is 14.4. The van der Waals surface area contributed by atoms with Gasteiger partial charge in [0.1, 0.15) is 12.3 Å². The summed E-state index contributed by atoms with van der Waals surface area (Å²) < 4.78 is 33.4. The molecule has 1 amide bonds. The lowest BCUT2D eigenvalue weighted by Gasteiger charge is -2.26. The van der Waals surface area contributed by atoms with Gasteiger partial charge in [0.15, 0.2) is 0 Å². The van der Waals surface area contributed by atoms with Gasteiger partial charge in [0.05, 0.1) is 17.7 Å². The molecular formula is C23H30N2O4S. The Hall–Kier alpha value is -2.54. The number of aryl methyl sites for hydroxylation is 1. The summed E-state index contributed by atoms with van der Waals surface area (Å²) in [5.74, 6) is 0.548. The monoisotopic (exact) mass is 430 g/mol. The second kappa shape index (κ2) is 9.98. The standard InChI is InChI=1S/C23H30N2O4S/c1-18-12-14-20(15-13-18)30(27,28)25(21-10-6-7-11-22(21)29-2)17-23(26)24-16-19-8-4-3-5-9-19/h6-7,10-15,19H,3-5,8-9,16-17H2,1-2H3,(H,24,26). The highest BCUT2D eigenvalue weighted by Crippen LogP contribution is 2.32. The van der Waals surface area contributed by atoms with Crippen LogP contribution in [-0.2, 0) is 14.8 Å². The van der Waals surface area contributed by atoms with Crippen LogP contribution in [0.3, 0.4) is 0 Å². The smallest absolute Gasteiger partial charge is 0.264 e. The molecule has 1 N–H and O–H groups in total. The van der Waals surface area contributed by atoms with E-state index in [4.69, 9.17) is 4.74 Å². The number of nitrogens with one attached hydrogen (secondary N) is 1. The van der Waals surface area contributed by atoms with Crippen molar-refractivity contribution in [2.24, 2.45) is 5.92 Å². The molecule has 0 unspecified atom stereocenters. The van der Waals surface area contributed by atoms with Crippen molar-refractivity contribution in [2.45, 2.75) is 43.9 Å². The first kappa shape index (κ1) is 22.2. The summed E-state index contributed by atoms with van der Waals surface area (Å²) in [6.45, 7) is 2.18. The summed E-state index contributed by atoms with van der Waals surface area (Å²) in [6.07, 6.45) is 5.85. The summed E-state index contributed by atoms with van der Waals surface area (Å²) >= 11 is 0. The van der Waals surface area contributed by atoms with Crippen molar-refractivity contribution in [3.63, 3.8) is 0 Å². The molecule has 2 aromatic rings. The lowest BCUT2D eigenvalue weighted by atomic mass is 9.89. The Balaban J connectivity index is 1.85. The fraction of sp³-hybridized carbons (Fsp3) is 0.435. The van der Waals surface area contributed by atoms with Gasteiger partial charge in [-0.3, -0.25) is 9.10 Å². The molecule has 0 atom stereocenters. The molecule has 0 radical (unpaired) electrons. The number of amides is 1. The Kier molecular flexibility index (Phi) is 7.37. The number of anilines is 1. The molecule has 0 spiro atoms. The van der Waals surface area contributed by atoms with Gasteiger partial charge < -0.3 is 10.1 Å². The van der Waals surface area contributed by atoms with E-state index in [1.54, 1.807) is 48.5 Å². The second-order valence-corrected chi connectivity index (χ2v) is 9.67. The number of rotatable bonds is 8. The quantitative estimate of drug-likeness (QED) is 0.689. The number of benzene rings is 2. The fourth-order valence-corrected chi connectivity index (χ4v) is 5.24. The van der Waals surface area contributed by atoms with Crippen molar-refractivity contribution >= 4 is 21.6 Å². The first-order valence-corrected chi connectivity index (χ1v) is 11.8. The van der Waals surface area contributed by atoms with Gasteiger partial charge in [-0.15, -0.1) is 0 Å². The molecule has 30 heavy (non-hydrogen) atoms. The molecule has 1 fully saturated rings. The maximum atomic E-state index is 13.4. The number of nitrogens with zero attached hydrogens (tertiary/aromatic N) is 1. The Bertz CT molecular complexity index is 951. The third-order valence-corrected chi connectivity index (χ3v) is 7.34. The molecule has 0 aliphatic heterocycles. The highest BCUT2D eigenvalue weighted by Gasteiger charge is 2.29. The molecular weight excluding hydrogens is 400 g/mol. The minimum Gasteiger partial charge on any atom is -0.495 e. The van der Waals surface area contributed by atoms with E-state index in [0.717, 1.165) is 22.7 Å². The van der Waals surface area contributed by atoms with Crippen molar-refractivity contribution < 1.29 is 17.9 Å². The van der Waals surface area contributed by atoms with Crippen LogP contribution in [0.2, 0.25) is 0 Å². The predicted molar refractivity (Wildman–Crippen MR) is 118 cm³/mol. The molecule has 0 aromatic heterocycles. The number of methoxy groups -OCH3 is 1. The summed E-state index contributed by atoms with van der Waals surface area (Å²) in [5, 5.41) is 2.94. The average molecular weight is 431 g/mol. The molecule has 3 rings (SSSR count). The lowest BCUT2D eigenvalue weighted by Crippen LogP contribution is -2.42. The number of ether oxygens (including phenoxy) is 1. The third kappa shape index (κ3) is 5.33. The van der Waals surface area contributed by atoms with Crippen LogP contribution in [0.5, 0.6) is 5.75 Å². The molecule has 0 heterocycles. The molecule has 0 bridgehead atoms. The largest absolute Gasteiger partial charge is 0.495 e. The van der Waals surface area contributed by atoms with Gasteiger partial charge in [-0.05, 0) is 49.9 Å². The molecule has 6 nitrogen and oxygen atoms in total. The number of hydrogen-bond acceptors (Lipinski definition) is 4. The highest BCUT2D eigenvalue weighted by molar-refractivity contribution is 7.92. The zero-order chi connectivity index (χ0) is 21.6. The zero-order valence-electron chi connectivity index (χ0n) is 17.6. The van der Waals surface area contributed by atoms with Crippen molar-refractivity contribution in [1.29, 1.82) is 0 Å². The van der Waals surface area contributed by atoms with Crippen LogP contribution in [-0.4, -0.2) is 34.5 Å². The molecule has 1 aliphatic carbocycles. The van der Waals surface area contributed by atoms with Crippen LogP contribution >= 0.6 is 0 Å². The molecule has 2 aromatic carbocycles. The molecule has 0 saturated heterocycles. The van der Waals surface area contributed by atoms with E-state index in [0.29, 0.717) is 23.9 Å². The van der Waals surface area contributed by atoms with Crippen molar-refractivity contribution in [3.05, 3.63) is 54.1 Å². The van der Waals surface area contributed by atoms with Gasteiger partial charge in [0.2, 0.25) is 5.91 Å². The first-order valence-electron chi connectivity index (χ1n) is 10.4. The predicted octanol–water partition coefficient (Wildman–Crippen LogP) is 3.90. The Morgan fingerprint density at radius 2 is 1.73 bits per heavy atom. The number of para-hydroxylation sites is 2. The summed E-state index contributed by atoms with van der Waals surface area (Å²) in [4.78, 5) is 12.9. The van der Waals surface area contributed by atoms with E-state index >= 15 is 0 Å². The van der Waals surface area contributed by atoms with Crippen LogP contribution in [0.1, 0.15) is 37.7 Å². The molecule has 162 valence electrons. The Labute approximate surface area is 179 Å². The van der Waals surface area contributed by atoms with Crippen molar-refractivity contribution in [1.82, 2.24) is 5.32 Å². The van der Waals surface area contributed by atoms with E-state index in [9.17, 15) is 13.2 Å². The van der Waals surface area contributed by atoms with Crippen LogP contribution in [0.15, 0.2) is 53.4 Å². The van der Waals surface area contributed by atoms with Crippen LogP contribution < -0.4 is 14.4 Å². The van der Waals surface area contributed by atoms with Gasteiger partial charge in [-0.25, -0.2) is 8.42 Å². The van der Waals surface area contributed by atoms with Crippen LogP contribution in [0.4, 0.5) is 5.69 Å². The number of sulfonamides is 1. The summed E-state index contributed by atoms with van der Waals surface area (Å²) in [6, 6.07) is 13.5. The van der Waals surface area contributed by atoms with Gasteiger partial charge in [-0.2, -0.15) is 0 Å². The summed E-state index contributed by atoms with van der Waals surface area (Å²) in [7, 11) is -2.46. The third-order valence-electron chi connectivity index (χ3n) is 5.56. The van der Waals surface area contributed by atoms with E-state index in [1.165, 1.54) is 26.4 Å². The minimum atomic E-state index is -3.95.